The molecule has 0 aliphatic heterocycles. The molecule has 0 radical (unpaired) electrons. The van der Waals surface area contributed by atoms with Crippen LogP contribution in [0.3, 0.4) is 0 Å². The molecule has 5 nitrogen and oxygen atoms in total. The summed E-state index contributed by atoms with van der Waals surface area (Å²) in [5.41, 5.74) is 3.10. The Balaban J connectivity index is 1.58. The Kier molecular flexibility index (Phi) is 9.35. The second-order valence-electron chi connectivity index (χ2n) is 8.89. The van der Waals surface area contributed by atoms with Gasteiger partial charge in [0.25, 0.3) is 5.91 Å². The molecule has 202 valence electrons. The summed E-state index contributed by atoms with van der Waals surface area (Å²) in [6, 6.07) is 29.4. The molecule has 0 fully saturated rings. The van der Waals surface area contributed by atoms with Crippen molar-refractivity contribution in [1.29, 1.82) is 0 Å². The molecule has 0 saturated heterocycles. The Hall–Kier alpha value is -3.00. The highest BCUT2D eigenvalue weighted by molar-refractivity contribution is 7.98. The van der Waals surface area contributed by atoms with Gasteiger partial charge < -0.3 is 5.32 Å². The summed E-state index contributed by atoms with van der Waals surface area (Å²) >= 11 is 26.9. The van der Waals surface area contributed by atoms with Crippen LogP contribution < -0.4 is 5.32 Å². The highest BCUT2D eigenvalue weighted by Crippen LogP contribution is 2.33. The van der Waals surface area contributed by atoms with Gasteiger partial charge in [0.15, 0.2) is 11.0 Å². The van der Waals surface area contributed by atoms with Gasteiger partial charge in [0.1, 0.15) is 0 Å². The average Bonchev–Trinajstić information content (AvgIpc) is 3.36. The summed E-state index contributed by atoms with van der Waals surface area (Å²) in [7, 11) is 0. The van der Waals surface area contributed by atoms with Crippen molar-refractivity contribution in [3.8, 4) is 5.69 Å². The molecular formula is C30H22Cl4N4OS. The molecule has 5 aromatic rings. The fourth-order valence-corrected chi connectivity index (χ4v) is 6.07. The van der Waals surface area contributed by atoms with Crippen LogP contribution in [-0.2, 0) is 12.2 Å². The SMILES string of the molecule is O=C(NC(Cc1ccccc1)c1nnc(SCc2ccccc2)n1-c1ccc(Cl)cc1Cl)c1ccc(Cl)cc1Cl. The summed E-state index contributed by atoms with van der Waals surface area (Å²) in [6.45, 7) is 0. The third-order valence-electron chi connectivity index (χ3n) is 6.10. The van der Waals surface area contributed by atoms with Gasteiger partial charge in [0.05, 0.1) is 27.3 Å². The predicted molar refractivity (Wildman–Crippen MR) is 164 cm³/mol. The standard InChI is InChI=1S/C30H22Cl4N4OS/c31-21-11-13-23(24(33)16-21)29(39)35-26(15-19-7-3-1-4-8-19)28-36-37-30(40-18-20-9-5-2-6-10-20)38(28)27-14-12-22(32)17-25(27)34/h1-14,16-17,26H,15,18H2,(H,35,39). The van der Waals surface area contributed by atoms with Gasteiger partial charge in [-0.1, -0.05) is 119 Å². The summed E-state index contributed by atoms with van der Waals surface area (Å²) < 4.78 is 1.88. The largest absolute Gasteiger partial charge is 0.342 e. The van der Waals surface area contributed by atoms with Gasteiger partial charge in [-0.15, -0.1) is 10.2 Å². The minimum atomic E-state index is -0.577. The molecule has 1 atom stereocenters. The second kappa shape index (κ2) is 13.1. The van der Waals surface area contributed by atoms with Crippen molar-refractivity contribution in [1.82, 2.24) is 20.1 Å². The Labute approximate surface area is 256 Å². The number of aromatic nitrogens is 3. The van der Waals surface area contributed by atoms with Gasteiger partial charge in [-0.3, -0.25) is 9.36 Å². The summed E-state index contributed by atoms with van der Waals surface area (Å²) in [6.07, 6.45) is 0.449. The lowest BCUT2D eigenvalue weighted by Crippen LogP contribution is -2.32. The number of hydrogen-bond donors (Lipinski definition) is 1. The molecule has 5 rings (SSSR count). The van der Waals surface area contributed by atoms with E-state index in [2.05, 4.69) is 27.6 Å². The van der Waals surface area contributed by atoms with Crippen molar-refractivity contribution in [3.05, 3.63) is 140 Å². The Bertz CT molecular complexity index is 1630. The van der Waals surface area contributed by atoms with Crippen LogP contribution in [0.5, 0.6) is 0 Å². The van der Waals surface area contributed by atoms with Gasteiger partial charge >= 0.3 is 0 Å². The maximum Gasteiger partial charge on any atom is 0.253 e. The Morgan fingerprint density at radius 1 is 0.775 bits per heavy atom. The average molecular weight is 628 g/mol. The molecule has 0 aliphatic rings. The van der Waals surface area contributed by atoms with E-state index in [1.165, 1.54) is 11.8 Å². The first-order chi connectivity index (χ1) is 19.4. The van der Waals surface area contributed by atoms with E-state index in [1.54, 1.807) is 30.3 Å². The quantitative estimate of drug-likeness (QED) is 0.166. The highest BCUT2D eigenvalue weighted by Gasteiger charge is 2.27. The van der Waals surface area contributed by atoms with Crippen molar-refractivity contribution in [2.24, 2.45) is 0 Å². The lowest BCUT2D eigenvalue weighted by atomic mass is 10.0. The molecule has 0 bridgehead atoms. The minimum absolute atomic E-state index is 0.254. The lowest BCUT2D eigenvalue weighted by molar-refractivity contribution is 0.0934. The molecule has 1 aromatic heterocycles. The van der Waals surface area contributed by atoms with Crippen LogP contribution >= 0.6 is 58.2 Å². The second-order valence-corrected chi connectivity index (χ2v) is 11.5. The lowest BCUT2D eigenvalue weighted by Gasteiger charge is -2.21. The number of carbonyl (C=O) groups is 1. The van der Waals surface area contributed by atoms with E-state index >= 15 is 0 Å². The van der Waals surface area contributed by atoms with E-state index < -0.39 is 6.04 Å². The van der Waals surface area contributed by atoms with Crippen LogP contribution in [0.25, 0.3) is 5.69 Å². The molecule has 0 aliphatic carbocycles. The number of thioether (sulfide) groups is 1. The van der Waals surface area contributed by atoms with Gasteiger partial charge in [0.2, 0.25) is 0 Å². The molecule has 0 saturated carbocycles. The van der Waals surface area contributed by atoms with Crippen LogP contribution in [0.1, 0.15) is 33.4 Å². The Morgan fingerprint density at radius 2 is 1.40 bits per heavy atom. The number of halogens is 4. The summed E-state index contributed by atoms with van der Waals surface area (Å²) in [4.78, 5) is 13.5. The fourth-order valence-electron chi connectivity index (χ4n) is 4.18. The molecular weight excluding hydrogens is 606 g/mol. The van der Waals surface area contributed by atoms with Crippen LogP contribution in [0.4, 0.5) is 0 Å². The number of nitrogens with zero attached hydrogens (tertiary/aromatic N) is 3. The molecule has 10 heteroatoms. The zero-order chi connectivity index (χ0) is 28.1. The topological polar surface area (TPSA) is 59.8 Å². The number of amides is 1. The van der Waals surface area contributed by atoms with E-state index in [1.807, 2.05) is 59.2 Å². The van der Waals surface area contributed by atoms with E-state index in [0.29, 0.717) is 49.5 Å². The number of benzene rings is 4. The first-order valence-electron chi connectivity index (χ1n) is 12.3. The van der Waals surface area contributed by atoms with Crippen molar-refractivity contribution in [2.45, 2.75) is 23.4 Å². The van der Waals surface area contributed by atoms with Crippen LogP contribution in [0.15, 0.2) is 102 Å². The first-order valence-corrected chi connectivity index (χ1v) is 14.8. The molecule has 1 unspecified atom stereocenters. The maximum atomic E-state index is 13.5. The van der Waals surface area contributed by atoms with Gasteiger partial charge in [-0.05, 0) is 53.9 Å². The number of nitrogens with one attached hydrogen (secondary N) is 1. The van der Waals surface area contributed by atoms with Gasteiger partial charge in [0, 0.05) is 15.8 Å². The Morgan fingerprint density at radius 3 is 2.05 bits per heavy atom. The van der Waals surface area contributed by atoms with Crippen molar-refractivity contribution < 1.29 is 4.79 Å². The van der Waals surface area contributed by atoms with Crippen molar-refractivity contribution >= 4 is 64.1 Å². The zero-order valence-electron chi connectivity index (χ0n) is 20.9. The zero-order valence-corrected chi connectivity index (χ0v) is 24.7. The summed E-state index contributed by atoms with van der Waals surface area (Å²) in [5, 5.41) is 14.5. The van der Waals surface area contributed by atoms with Crippen LogP contribution in [-0.4, -0.2) is 20.7 Å². The van der Waals surface area contributed by atoms with E-state index in [4.69, 9.17) is 46.4 Å². The van der Waals surface area contributed by atoms with E-state index in [0.717, 1.165) is 11.1 Å². The minimum Gasteiger partial charge on any atom is -0.342 e. The number of rotatable bonds is 9. The third-order valence-corrected chi connectivity index (χ3v) is 8.18. The molecule has 40 heavy (non-hydrogen) atoms. The monoisotopic (exact) mass is 626 g/mol. The smallest absolute Gasteiger partial charge is 0.253 e. The van der Waals surface area contributed by atoms with Gasteiger partial charge in [-0.2, -0.15) is 0 Å². The molecule has 0 spiro atoms. The fraction of sp³-hybridized carbons (Fsp3) is 0.100. The normalized spacial score (nSPS) is 11.8. The highest BCUT2D eigenvalue weighted by atomic mass is 35.5. The molecule has 4 aromatic carbocycles. The van der Waals surface area contributed by atoms with Crippen molar-refractivity contribution in [3.63, 3.8) is 0 Å². The van der Waals surface area contributed by atoms with Gasteiger partial charge in [-0.25, -0.2) is 0 Å². The first kappa shape index (κ1) is 28.5. The molecule has 1 amide bonds. The third kappa shape index (κ3) is 6.82. The molecule has 1 heterocycles. The van der Waals surface area contributed by atoms with E-state index in [-0.39, 0.29) is 10.9 Å². The predicted octanol–water partition coefficient (Wildman–Crippen LogP) is 8.89. The number of hydrogen-bond acceptors (Lipinski definition) is 4. The van der Waals surface area contributed by atoms with E-state index in [9.17, 15) is 4.79 Å². The van der Waals surface area contributed by atoms with Crippen LogP contribution in [0, 0.1) is 0 Å². The molecule has 1 N–H and O–H groups in total. The number of carbonyl (C=O) groups excluding carboxylic acids is 1. The van der Waals surface area contributed by atoms with Crippen LogP contribution in [0.2, 0.25) is 20.1 Å². The van der Waals surface area contributed by atoms with Crippen molar-refractivity contribution in [2.75, 3.05) is 0 Å². The summed E-state index contributed by atoms with van der Waals surface area (Å²) in [5.74, 6) is 0.820. The maximum absolute atomic E-state index is 13.5.